The molecule has 4 N–H and O–H groups in total. The van der Waals surface area contributed by atoms with Crippen LogP contribution in [0, 0.1) is 5.92 Å². The molecule has 1 aromatic carbocycles. The SMILES string of the molecule is Nc1c(N(N)CC2CC2)ccc(OS(=O)(=O)C(F)(F)F)c1Cl. The van der Waals surface area contributed by atoms with E-state index in [2.05, 4.69) is 4.18 Å². The van der Waals surface area contributed by atoms with Crippen molar-refractivity contribution in [1.29, 1.82) is 0 Å². The zero-order valence-electron chi connectivity index (χ0n) is 11.1. The fourth-order valence-electron chi connectivity index (χ4n) is 1.72. The molecule has 1 saturated carbocycles. The Labute approximate surface area is 129 Å². The van der Waals surface area contributed by atoms with Crippen LogP contribution >= 0.6 is 11.6 Å². The molecule has 0 spiro atoms. The molecule has 6 nitrogen and oxygen atoms in total. The Morgan fingerprint density at radius 2 is 1.95 bits per heavy atom. The average Bonchev–Trinajstić information content (AvgIpc) is 3.17. The fraction of sp³-hybridized carbons (Fsp3) is 0.455. The molecular formula is C11H13ClF3N3O3S. The lowest BCUT2D eigenvalue weighted by molar-refractivity contribution is -0.0500. The van der Waals surface area contributed by atoms with Gasteiger partial charge in [-0.15, -0.1) is 0 Å². The lowest BCUT2D eigenvalue weighted by atomic mass is 10.2. The van der Waals surface area contributed by atoms with Gasteiger partial charge in [0, 0.05) is 6.54 Å². The van der Waals surface area contributed by atoms with Crippen molar-refractivity contribution < 1.29 is 25.8 Å². The number of hydrogen-bond donors (Lipinski definition) is 2. The van der Waals surface area contributed by atoms with Crippen molar-refractivity contribution in [3.63, 3.8) is 0 Å². The minimum absolute atomic E-state index is 0.153. The summed E-state index contributed by atoms with van der Waals surface area (Å²) in [5, 5.41) is 0.873. The van der Waals surface area contributed by atoms with Crippen LogP contribution in [-0.4, -0.2) is 20.5 Å². The highest BCUT2D eigenvalue weighted by Gasteiger charge is 2.49. The lowest BCUT2D eigenvalue weighted by Crippen LogP contribution is -2.33. The van der Waals surface area contributed by atoms with Gasteiger partial charge in [0.15, 0.2) is 5.75 Å². The van der Waals surface area contributed by atoms with E-state index in [9.17, 15) is 21.6 Å². The number of benzene rings is 1. The van der Waals surface area contributed by atoms with Gasteiger partial charge in [-0.2, -0.15) is 21.6 Å². The van der Waals surface area contributed by atoms with Crippen LogP contribution in [0.3, 0.4) is 0 Å². The first-order chi connectivity index (χ1) is 10.0. The molecule has 0 unspecified atom stereocenters. The van der Waals surface area contributed by atoms with Gasteiger partial charge < -0.3 is 14.9 Å². The Bertz CT molecular complexity index is 677. The number of alkyl halides is 3. The number of anilines is 2. The van der Waals surface area contributed by atoms with Crippen LogP contribution in [0.15, 0.2) is 12.1 Å². The minimum Gasteiger partial charge on any atom is -0.396 e. The first kappa shape index (κ1) is 17.0. The summed E-state index contributed by atoms with van der Waals surface area (Å²) < 4.78 is 62.8. The van der Waals surface area contributed by atoms with Gasteiger partial charge in [-0.3, -0.25) is 0 Å². The molecule has 1 aliphatic carbocycles. The van der Waals surface area contributed by atoms with Gasteiger partial charge in [0.25, 0.3) is 0 Å². The van der Waals surface area contributed by atoms with Crippen molar-refractivity contribution >= 4 is 33.1 Å². The van der Waals surface area contributed by atoms with E-state index in [-0.39, 0.29) is 11.4 Å². The summed E-state index contributed by atoms with van der Waals surface area (Å²) in [4.78, 5) is 0. The predicted molar refractivity (Wildman–Crippen MR) is 75.7 cm³/mol. The van der Waals surface area contributed by atoms with Crippen LogP contribution in [0.25, 0.3) is 0 Å². The topological polar surface area (TPSA) is 98.7 Å². The maximum Gasteiger partial charge on any atom is 0.534 e. The second kappa shape index (κ2) is 5.67. The molecule has 0 radical (unpaired) electrons. The van der Waals surface area contributed by atoms with E-state index in [1.54, 1.807) is 0 Å². The van der Waals surface area contributed by atoms with Crippen LogP contribution < -0.4 is 20.8 Å². The highest BCUT2D eigenvalue weighted by Crippen LogP contribution is 2.40. The largest absolute Gasteiger partial charge is 0.534 e. The molecule has 1 aromatic rings. The van der Waals surface area contributed by atoms with Crippen molar-refractivity contribution in [2.45, 2.75) is 18.3 Å². The Morgan fingerprint density at radius 1 is 1.36 bits per heavy atom. The van der Waals surface area contributed by atoms with Crippen LogP contribution in [-0.2, 0) is 10.1 Å². The van der Waals surface area contributed by atoms with Crippen LogP contribution in [0.2, 0.25) is 5.02 Å². The zero-order chi connectivity index (χ0) is 16.7. The van der Waals surface area contributed by atoms with Crippen molar-refractivity contribution in [3.8, 4) is 5.75 Å². The van der Waals surface area contributed by atoms with E-state index in [0.29, 0.717) is 12.5 Å². The summed E-state index contributed by atoms with van der Waals surface area (Å²) in [5.74, 6) is 5.53. The average molecular weight is 360 g/mol. The summed E-state index contributed by atoms with van der Waals surface area (Å²) >= 11 is 5.79. The number of nitrogen functional groups attached to an aromatic ring is 1. The van der Waals surface area contributed by atoms with E-state index in [1.165, 1.54) is 11.1 Å². The Kier molecular flexibility index (Phi) is 4.37. The quantitative estimate of drug-likeness (QED) is 0.275. The molecule has 1 fully saturated rings. The summed E-state index contributed by atoms with van der Waals surface area (Å²) in [6.45, 7) is 0.515. The fourth-order valence-corrected chi connectivity index (χ4v) is 2.43. The highest BCUT2D eigenvalue weighted by molar-refractivity contribution is 7.88. The molecule has 0 heterocycles. The lowest BCUT2D eigenvalue weighted by Gasteiger charge is -2.21. The molecule has 1 aliphatic rings. The molecular weight excluding hydrogens is 347 g/mol. The summed E-state index contributed by atoms with van der Waals surface area (Å²) in [7, 11) is -5.82. The Hall–Kier alpha value is -1.39. The maximum absolute atomic E-state index is 12.3. The van der Waals surface area contributed by atoms with Crippen LogP contribution in [0.5, 0.6) is 5.75 Å². The van der Waals surface area contributed by atoms with Crippen LogP contribution in [0.4, 0.5) is 24.5 Å². The minimum atomic E-state index is -5.82. The van der Waals surface area contributed by atoms with E-state index < -0.39 is 26.4 Å². The number of halogens is 4. The highest BCUT2D eigenvalue weighted by atomic mass is 35.5. The van der Waals surface area contributed by atoms with Gasteiger partial charge in [-0.25, -0.2) is 5.84 Å². The van der Waals surface area contributed by atoms with E-state index >= 15 is 0 Å². The second-order valence-electron chi connectivity index (χ2n) is 4.89. The Balaban J connectivity index is 2.26. The normalized spacial score (nSPS) is 15.7. The van der Waals surface area contributed by atoms with E-state index in [1.807, 2.05) is 0 Å². The van der Waals surface area contributed by atoms with Crippen LogP contribution in [0.1, 0.15) is 12.8 Å². The second-order valence-corrected chi connectivity index (χ2v) is 6.81. The van der Waals surface area contributed by atoms with E-state index in [0.717, 1.165) is 18.9 Å². The first-order valence-corrected chi connectivity index (χ1v) is 7.92. The molecule has 22 heavy (non-hydrogen) atoms. The van der Waals surface area contributed by atoms with Crippen molar-refractivity contribution in [1.82, 2.24) is 0 Å². The summed E-state index contributed by atoms with van der Waals surface area (Å²) in [6, 6.07) is 2.23. The molecule has 0 atom stereocenters. The third-order valence-corrected chi connectivity index (χ3v) is 4.42. The maximum atomic E-state index is 12.3. The predicted octanol–water partition coefficient (Wildman–Crippen LogP) is 2.24. The summed E-state index contributed by atoms with van der Waals surface area (Å²) in [6.07, 6.45) is 2.07. The molecule has 124 valence electrons. The van der Waals surface area contributed by atoms with Gasteiger partial charge in [0.2, 0.25) is 0 Å². The van der Waals surface area contributed by atoms with Gasteiger partial charge in [-0.05, 0) is 30.9 Å². The summed E-state index contributed by atoms with van der Waals surface area (Å²) in [5.41, 5.74) is 0.272. The van der Waals surface area contributed by atoms with Gasteiger partial charge in [0.05, 0.1) is 11.4 Å². The van der Waals surface area contributed by atoms with Crippen molar-refractivity contribution in [2.75, 3.05) is 17.3 Å². The third-order valence-electron chi connectivity index (χ3n) is 3.07. The third kappa shape index (κ3) is 3.50. The molecule has 2 rings (SSSR count). The Morgan fingerprint density at radius 3 is 2.45 bits per heavy atom. The van der Waals surface area contributed by atoms with Gasteiger partial charge >= 0.3 is 15.6 Å². The molecule has 0 aromatic heterocycles. The number of rotatable bonds is 5. The molecule has 0 saturated heterocycles. The molecule has 0 aliphatic heterocycles. The number of nitrogens with two attached hydrogens (primary N) is 2. The van der Waals surface area contributed by atoms with Gasteiger partial charge in [0.1, 0.15) is 5.02 Å². The standard InChI is InChI=1S/C11H13ClF3N3O3S/c12-9-8(21-22(19,20)11(13,14)15)4-3-7(10(9)16)18(17)5-6-1-2-6/h3-4,6H,1-2,5,16-17H2. The first-order valence-electron chi connectivity index (χ1n) is 6.14. The molecule has 11 heteroatoms. The number of hydrazine groups is 1. The number of nitrogens with zero attached hydrogens (tertiary/aromatic N) is 1. The molecule has 0 amide bonds. The van der Waals surface area contributed by atoms with E-state index in [4.69, 9.17) is 23.2 Å². The number of hydrogen-bond acceptors (Lipinski definition) is 6. The monoisotopic (exact) mass is 359 g/mol. The van der Waals surface area contributed by atoms with Gasteiger partial charge in [-0.1, -0.05) is 11.6 Å². The molecule has 0 bridgehead atoms. The zero-order valence-corrected chi connectivity index (χ0v) is 12.7. The smallest absolute Gasteiger partial charge is 0.396 e. The van der Waals surface area contributed by atoms with Crippen molar-refractivity contribution in [3.05, 3.63) is 17.2 Å². The van der Waals surface area contributed by atoms with Crippen molar-refractivity contribution in [2.24, 2.45) is 11.8 Å².